The van der Waals surface area contributed by atoms with E-state index < -0.39 is 0 Å². The Morgan fingerprint density at radius 1 is 1.29 bits per heavy atom. The van der Waals surface area contributed by atoms with E-state index in [9.17, 15) is 9.18 Å². The van der Waals surface area contributed by atoms with Crippen LogP contribution in [0, 0.1) is 5.82 Å². The van der Waals surface area contributed by atoms with Gasteiger partial charge in [0.25, 0.3) is 0 Å². The van der Waals surface area contributed by atoms with Crippen molar-refractivity contribution in [2.75, 3.05) is 31.1 Å². The molecule has 21 heavy (non-hydrogen) atoms. The average molecular weight is 293 g/mol. The quantitative estimate of drug-likeness (QED) is 0.920. The third-order valence-corrected chi connectivity index (χ3v) is 3.75. The maximum absolute atomic E-state index is 13.0. The molecule has 0 saturated carbocycles. The minimum Gasteiger partial charge on any atom is -0.312 e. The highest BCUT2D eigenvalue weighted by molar-refractivity contribution is 5.94. The molecule has 2 atom stereocenters. The summed E-state index contributed by atoms with van der Waals surface area (Å²) >= 11 is 0. The summed E-state index contributed by atoms with van der Waals surface area (Å²) in [6.07, 6.45) is 0. The number of hydrogen-bond acceptors (Lipinski definition) is 3. The van der Waals surface area contributed by atoms with Crippen LogP contribution in [0.25, 0.3) is 0 Å². The molecule has 1 heterocycles. The van der Waals surface area contributed by atoms with Crippen molar-refractivity contribution in [2.45, 2.75) is 32.9 Å². The standard InChI is InChI=1S/C16H24FN3O/c1-4-20(15-7-5-14(17)6-8-15)16(21)11-19-9-12(2)18-13(3)10-19/h5-8,12-13,18H,4,9-11H2,1-3H3. The minimum absolute atomic E-state index is 0.0606. The molecule has 0 bridgehead atoms. The van der Waals surface area contributed by atoms with Crippen LogP contribution in [0.3, 0.4) is 0 Å². The van der Waals surface area contributed by atoms with Crippen LogP contribution in [-0.4, -0.2) is 49.1 Å². The maximum Gasteiger partial charge on any atom is 0.241 e. The predicted molar refractivity (Wildman–Crippen MR) is 82.9 cm³/mol. The fourth-order valence-electron chi connectivity index (χ4n) is 2.97. The zero-order valence-electron chi connectivity index (χ0n) is 13.0. The Hall–Kier alpha value is -1.46. The van der Waals surface area contributed by atoms with Crippen LogP contribution in [0.4, 0.5) is 10.1 Å². The zero-order valence-corrected chi connectivity index (χ0v) is 13.0. The van der Waals surface area contributed by atoms with Crippen molar-refractivity contribution in [1.82, 2.24) is 10.2 Å². The fourth-order valence-corrected chi connectivity index (χ4v) is 2.97. The molecule has 1 aliphatic heterocycles. The van der Waals surface area contributed by atoms with Crippen molar-refractivity contribution in [3.05, 3.63) is 30.1 Å². The van der Waals surface area contributed by atoms with E-state index in [1.807, 2.05) is 6.92 Å². The number of carbonyl (C=O) groups excluding carboxylic acids is 1. The van der Waals surface area contributed by atoms with E-state index in [1.54, 1.807) is 17.0 Å². The van der Waals surface area contributed by atoms with Crippen LogP contribution in [0.1, 0.15) is 20.8 Å². The van der Waals surface area contributed by atoms with Crippen molar-refractivity contribution >= 4 is 11.6 Å². The van der Waals surface area contributed by atoms with Crippen molar-refractivity contribution in [3.63, 3.8) is 0 Å². The summed E-state index contributed by atoms with van der Waals surface area (Å²) in [5, 5.41) is 3.46. The summed E-state index contributed by atoms with van der Waals surface area (Å²) in [5.41, 5.74) is 0.750. The third-order valence-electron chi connectivity index (χ3n) is 3.75. The van der Waals surface area contributed by atoms with E-state index >= 15 is 0 Å². The maximum atomic E-state index is 13.0. The largest absolute Gasteiger partial charge is 0.312 e. The second kappa shape index (κ2) is 7.00. The number of nitrogens with one attached hydrogen (secondary N) is 1. The molecular weight excluding hydrogens is 269 g/mol. The molecule has 0 aliphatic carbocycles. The number of hydrogen-bond donors (Lipinski definition) is 1. The van der Waals surface area contributed by atoms with Gasteiger partial charge in [-0.2, -0.15) is 0 Å². The van der Waals surface area contributed by atoms with Crippen molar-refractivity contribution in [2.24, 2.45) is 0 Å². The van der Waals surface area contributed by atoms with Gasteiger partial charge in [-0.3, -0.25) is 9.69 Å². The molecule has 5 heteroatoms. The lowest BCUT2D eigenvalue weighted by Crippen LogP contribution is -2.56. The topological polar surface area (TPSA) is 35.6 Å². The van der Waals surface area contributed by atoms with E-state index in [0.29, 0.717) is 25.2 Å². The Morgan fingerprint density at radius 3 is 2.38 bits per heavy atom. The summed E-state index contributed by atoms with van der Waals surface area (Å²) in [5.74, 6) is -0.225. The van der Waals surface area contributed by atoms with Gasteiger partial charge in [0.05, 0.1) is 6.54 Å². The van der Waals surface area contributed by atoms with Gasteiger partial charge < -0.3 is 10.2 Å². The molecule has 1 aromatic rings. The van der Waals surface area contributed by atoms with Gasteiger partial charge in [0.1, 0.15) is 5.82 Å². The van der Waals surface area contributed by atoms with E-state index in [-0.39, 0.29) is 11.7 Å². The molecule has 2 rings (SSSR count). The number of carbonyl (C=O) groups is 1. The molecular formula is C16H24FN3O. The molecule has 0 radical (unpaired) electrons. The molecule has 0 aromatic heterocycles. The third kappa shape index (κ3) is 4.25. The number of anilines is 1. The van der Waals surface area contributed by atoms with Gasteiger partial charge in [-0.05, 0) is 45.0 Å². The van der Waals surface area contributed by atoms with E-state index in [0.717, 1.165) is 18.8 Å². The smallest absolute Gasteiger partial charge is 0.241 e. The summed E-state index contributed by atoms with van der Waals surface area (Å²) in [7, 11) is 0. The molecule has 0 spiro atoms. The molecule has 1 aromatic carbocycles. The molecule has 116 valence electrons. The predicted octanol–water partition coefficient (Wildman–Crippen LogP) is 1.86. The van der Waals surface area contributed by atoms with Crippen LogP contribution in [0.2, 0.25) is 0 Å². The molecule has 1 aliphatic rings. The van der Waals surface area contributed by atoms with Crippen molar-refractivity contribution in [3.8, 4) is 0 Å². The first-order valence-electron chi connectivity index (χ1n) is 7.54. The van der Waals surface area contributed by atoms with Crippen LogP contribution in [0.5, 0.6) is 0 Å². The van der Waals surface area contributed by atoms with E-state index in [4.69, 9.17) is 0 Å². The lowest BCUT2D eigenvalue weighted by atomic mass is 10.1. The molecule has 1 N–H and O–H groups in total. The number of benzene rings is 1. The first kappa shape index (κ1) is 15.9. The number of rotatable bonds is 4. The number of halogens is 1. The molecule has 4 nitrogen and oxygen atoms in total. The van der Waals surface area contributed by atoms with Crippen LogP contribution in [-0.2, 0) is 4.79 Å². The summed E-state index contributed by atoms with van der Waals surface area (Å²) in [4.78, 5) is 16.4. The number of piperazine rings is 1. The van der Waals surface area contributed by atoms with Crippen LogP contribution < -0.4 is 10.2 Å². The van der Waals surface area contributed by atoms with Crippen LogP contribution >= 0.6 is 0 Å². The molecule has 2 unspecified atom stereocenters. The Balaban J connectivity index is 2.01. The Kier molecular flexibility index (Phi) is 5.31. The van der Waals surface area contributed by atoms with Crippen molar-refractivity contribution in [1.29, 1.82) is 0 Å². The van der Waals surface area contributed by atoms with Gasteiger partial charge in [-0.15, -0.1) is 0 Å². The van der Waals surface area contributed by atoms with E-state index in [1.165, 1.54) is 12.1 Å². The van der Waals surface area contributed by atoms with Crippen LogP contribution in [0.15, 0.2) is 24.3 Å². The second-order valence-corrected chi connectivity index (χ2v) is 5.78. The van der Waals surface area contributed by atoms with Crippen molar-refractivity contribution < 1.29 is 9.18 Å². The summed E-state index contributed by atoms with van der Waals surface area (Å²) < 4.78 is 13.0. The van der Waals surface area contributed by atoms with Gasteiger partial charge in [-0.1, -0.05) is 0 Å². The highest BCUT2D eigenvalue weighted by atomic mass is 19.1. The lowest BCUT2D eigenvalue weighted by molar-refractivity contribution is -0.120. The molecule has 1 amide bonds. The van der Waals surface area contributed by atoms with Gasteiger partial charge in [0, 0.05) is 37.4 Å². The normalized spacial score (nSPS) is 23.0. The second-order valence-electron chi connectivity index (χ2n) is 5.78. The summed E-state index contributed by atoms with van der Waals surface area (Å²) in [6.45, 7) is 8.93. The number of amides is 1. The first-order chi connectivity index (χ1) is 9.99. The lowest BCUT2D eigenvalue weighted by Gasteiger charge is -2.36. The Morgan fingerprint density at radius 2 is 1.86 bits per heavy atom. The monoisotopic (exact) mass is 293 g/mol. The SMILES string of the molecule is CCN(C(=O)CN1CC(C)NC(C)C1)c1ccc(F)cc1. The molecule has 1 fully saturated rings. The number of nitrogens with zero attached hydrogens (tertiary/aromatic N) is 2. The summed E-state index contributed by atoms with van der Waals surface area (Å²) in [6, 6.07) is 6.87. The van der Waals surface area contributed by atoms with Gasteiger partial charge in [0.15, 0.2) is 0 Å². The highest BCUT2D eigenvalue weighted by Crippen LogP contribution is 2.15. The minimum atomic E-state index is -0.285. The highest BCUT2D eigenvalue weighted by Gasteiger charge is 2.24. The fraction of sp³-hybridized carbons (Fsp3) is 0.562. The van der Waals surface area contributed by atoms with Gasteiger partial charge >= 0.3 is 0 Å². The Labute approximate surface area is 125 Å². The van der Waals surface area contributed by atoms with Gasteiger partial charge in [0.2, 0.25) is 5.91 Å². The Bertz CT molecular complexity index is 467. The zero-order chi connectivity index (χ0) is 15.4. The number of likely N-dealkylation sites (N-methyl/N-ethyl adjacent to an activating group) is 1. The van der Waals surface area contributed by atoms with E-state index in [2.05, 4.69) is 24.1 Å². The first-order valence-corrected chi connectivity index (χ1v) is 7.54. The average Bonchev–Trinajstić information content (AvgIpc) is 2.40. The van der Waals surface area contributed by atoms with Gasteiger partial charge in [-0.25, -0.2) is 4.39 Å². The molecule has 1 saturated heterocycles.